The summed E-state index contributed by atoms with van der Waals surface area (Å²) in [6.07, 6.45) is -3.12. The fourth-order valence-corrected chi connectivity index (χ4v) is 1.19. The maximum absolute atomic E-state index is 12.4. The summed E-state index contributed by atoms with van der Waals surface area (Å²) < 4.78 is 37.1. The highest BCUT2D eigenvalue weighted by Gasteiger charge is 2.32. The van der Waals surface area contributed by atoms with Crippen molar-refractivity contribution in [1.29, 1.82) is 0 Å². The predicted molar refractivity (Wildman–Crippen MR) is 44.3 cm³/mol. The van der Waals surface area contributed by atoms with Gasteiger partial charge in [-0.3, -0.25) is 0 Å². The van der Waals surface area contributed by atoms with Crippen LogP contribution in [0, 0.1) is 6.07 Å². The lowest BCUT2D eigenvalue weighted by atomic mass is 10.0. The predicted octanol–water partition coefficient (Wildman–Crippen LogP) is 3.46. The standard InChI is InChI=1S/C10H10F3/c1-2-5-8-6-3-4-7-9(8)10(11,12)13/h3-4,7H,2,5H2,1H3. The van der Waals surface area contributed by atoms with Gasteiger partial charge in [-0.05, 0) is 24.1 Å². The molecule has 1 radical (unpaired) electrons. The van der Waals surface area contributed by atoms with Crippen molar-refractivity contribution in [3.8, 4) is 0 Å². The molecule has 0 aromatic heterocycles. The number of benzene rings is 1. The quantitative estimate of drug-likeness (QED) is 0.665. The molecule has 0 spiro atoms. The van der Waals surface area contributed by atoms with Crippen LogP contribution < -0.4 is 0 Å². The molecular formula is C10H10F3. The number of rotatable bonds is 2. The number of aryl methyl sites for hydroxylation is 1. The average molecular weight is 187 g/mol. The molecule has 0 unspecified atom stereocenters. The molecule has 1 aromatic carbocycles. The van der Waals surface area contributed by atoms with Gasteiger partial charge in [0.25, 0.3) is 0 Å². The topological polar surface area (TPSA) is 0 Å². The fourth-order valence-electron chi connectivity index (χ4n) is 1.19. The molecule has 0 N–H and O–H groups in total. The van der Waals surface area contributed by atoms with E-state index in [0.717, 1.165) is 6.07 Å². The van der Waals surface area contributed by atoms with Gasteiger partial charge in [-0.25, -0.2) is 0 Å². The molecule has 0 amide bonds. The highest BCUT2D eigenvalue weighted by atomic mass is 19.4. The maximum Gasteiger partial charge on any atom is 0.416 e. The molecule has 0 aliphatic heterocycles. The van der Waals surface area contributed by atoms with E-state index >= 15 is 0 Å². The first-order valence-corrected chi connectivity index (χ1v) is 4.12. The van der Waals surface area contributed by atoms with Crippen LogP contribution >= 0.6 is 0 Å². The molecule has 0 aliphatic rings. The summed E-state index contributed by atoms with van der Waals surface area (Å²) in [4.78, 5) is 0. The molecule has 0 aliphatic carbocycles. The molecule has 0 fully saturated rings. The SMILES string of the molecule is CCCc1[c]cccc1C(F)(F)F. The lowest BCUT2D eigenvalue weighted by Crippen LogP contribution is -2.08. The summed E-state index contributed by atoms with van der Waals surface area (Å²) in [6.45, 7) is 1.85. The maximum atomic E-state index is 12.4. The Labute approximate surface area is 75.4 Å². The molecular weight excluding hydrogens is 177 g/mol. The van der Waals surface area contributed by atoms with Gasteiger partial charge in [0.1, 0.15) is 0 Å². The lowest BCUT2D eigenvalue weighted by Gasteiger charge is -2.10. The summed E-state index contributed by atoms with van der Waals surface area (Å²) in [5, 5.41) is 0. The molecule has 0 bridgehead atoms. The van der Waals surface area contributed by atoms with Gasteiger partial charge in [0.15, 0.2) is 0 Å². The summed E-state index contributed by atoms with van der Waals surface area (Å²) in [6, 6.07) is 6.60. The monoisotopic (exact) mass is 187 g/mol. The molecule has 71 valence electrons. The third kappa shape index (κ3) is 2.47. The van der Waals surface area contributed by atoms with Crippen molar-refractivity contribution in [3.63, 3.8) is 0 Å². The third-order valence-corrected chi connectivity index (χ3v) is 1.75. The first-order chi connectivity index (χ1) is 6.05. The van der Waals surface area contributed by atoms with Gasteiger partial charge in [-0.15, -0.1) is 0 Å². The summed E-state index contributed by atoms with van der Waals surface area (Å²) >= 11 is 0. The average Bonchev–Trinajstić information content (AvgIpc) is 2.04. The van der Waals surface area contributed by atoms with E-state index in [9.17, 15) is 13.2 Å². The molecule has 0 heterocycles. The molecule has 0 saturated carbocycles. The van der Waals surface area contributed by atoms with Crippen molar-refractivity contribution >= 4 is 0 Å². The molecule has 13 heavy (non-hydrogen) atoms. The minimum absolute atomic E-state index is 0.262. The Morgan fingerprint density at radius 3 is 2.62 bits per heavy atom. The highest BCUT2D eigenvalue weighted by Crippen LogP contribution is 2.31. The van der Waals surface area contributed by atoms with Crippen LogP contribution in [0.5, 0.6) is 0 Å². The lowest BCUT2D eigenvalue weighted by molar-refractivity contribution is -0.138. The van der Waals surface area contributed by atoms with Crippen LogP contribution in [0.2, 0.25) is 0 Å². The summed E-state index contributed by atoms with van der Waals surface area (Å²) in [7, 11) is 0. The largest absolute Gasteiger partial charge is 0.416 e. The second kappa shape index (κ2) is 3.81. The normalized spacial score (nSPS) is 11.7. The van der Waals surface area contributed by atoms with Crippen LogP contribution in [-0.2, 0) is 12.6 Å². The highest BCUT2D eigenvalue weighted by molar-refractivity contribution is 5.28. The summed E-state index contributed by atoms with van der Waals surface area (Å²) in [5.74, 6) is 0. The zero-order chi connectivity index (χ0) is 9.90. The van der Waals surface area contributed by atoms with Gasteiger partial charge in [0.05, 0.1) is 5.56 Å². The Hall–Kier alpha value is -0.990. The van der Waals surface area contributed by atoms with Gasteiger partial charge < -0.3 is 0 Å². The third-order valence-electron chi connectivity index (χ3n) is 1.75. The summed E-state index contributed by atoms with van der Waals surface area (Å²) in [5.41, 5.74) is -0.297. The van der Waals surface area contributed by atoms with Crippen molar-refractivity contribution in [2.24, 2.45) is 0 Å². The van der Waals surface area contributed by atoms with Crippen LogP contribution in [0.25, 0.3) is 0 Å². The zero-order valence-electron chi connectivity index (χ0n) is 7.28. The van der Waals surface area contributed by atoms with Crippen LogP contribution in [0.3, 0.4) is 0 Å². The Kier molecular flexibility index (Phi) is 2.96. The molecule has 0 nitrogen and oxygen atoms in total. The molecule has 0 atom stereocenters. The van der Waals surface area contributed by atoms with Gasteiger partial charge in [0, 0.05) is 0 Å². The van der Waals surface area contributed by atoms with Crippen LogP contribution in [0.4, 0.5) is 13.2 Å². The van der Waals surface area contributed by atoms with Crippen molar-refractivity contribution in [3.05, 3.63) is 35.4 Å². The van der Waals surface area contributed by atoms with Crippen molar-refractivity contribution < 1.29 is 13.2 Å². The second-order valence-corrected chi connectivity index (χ2v) is 2.81. The van der Waals surface area contributed by atoms with E-state index in [-0.39, 0.29) is 5.56 Å². The Morgan fingerprint density at radius 2 is 2.08 bits per heavy atom. The van der Waals surface area contributed by atoms with E-state index in [0.29, 0.717) is 12.8 Å². The minimum Gasteiger partial charge on any atom is -0.166 e. The van der Waals surface area contributed by atoms with Crippen molar-refractivity contribution in [2.45, 2.75) is 25.9 Å². The van der Waals surface area contributed by atoms with Gasteiger partial charge >= 0.3 is 6.18 Å². The zero-order valence-corrected chi connectivity index (χ0v) is 7.28. The number of alkyl halides is 3. The van der Waals surface area contributed by atoms with E-state index < -0.39 is 11.7 Å². The van der Waals surface area contributed by atoms with E-state index in [4.69, 9.17) is 0 Å². The van der Waals surface area contributed by atoms with Crippen molar-refractivity contribution in [2.75, 3.05) is 0 Å². The Balaban J connectivity index is 3.05. The Bertz CT molecular complexity index is 276. The van der Waals surface area contributed by atoms with E-state index in [2.05, 4.69) is 6.07 Å². The fraction of sp³-hybridized carbons (Fsp3) is 0.400. The number of hydrogen-bond acceptors (Lipinski definition) is 0. The van der Waals surface area contributed by atoms with E-state index in [1.165, 1.54) is 12.1 Å². The van der Waals surface area contributed by atoms with Gasteiger partial charge in [-0.2, -0.15) is 13.2 Å². The molecule has 1 aromatic rings. The Morgan fingerprint density at radius 1 is 1.38 bits per heavy atom. The van der Waals surface area contributed by atoms with Crippen LogP contribution in [0.15, 0.2) is 18.2 Å². The number of hydrogen-bond donors (Lipinski definition) is 0. The molecule has 1 rings (SSSR count). The smallest absolute Gasteiger partial charge is 0.166 e. The first-order valence-electron chi connectivity index (χ1n) is 4.12. The van der Waals surface area contributed by atoms with Crippen LogP contribution in [0.1, 0.15) is 24.5 Å². The molecule has 0 saturated heterocycles. The number of halogens is 3. The van der Waals surface area contributed by atoms with Crippen LogP contribution in [-0.4, -0.2) is 0 Å². The van der Waals surface area contributed by atoms with Gasteiger partial charge in [-0.1, -0.05) is 25.5 Å². The van der Waals surface area contributed by atoms with Crippen molar-refractivity contribution in [1.82, 2.24) is 0 Å². The first kappa shape index (κ1) is 10.1. The second-order valence-electron chi connectivity index (χ2n) is 2.81. The molecule has 3 heteroatoms. The van der Waals surface area contributed by atoms with E-state index in [1.54, 1.807) is 0 Å². The minimum atomic E-state index is -4.25. The van der Waals surface area contributed by atoms with E-state index in [1.807, 2.05) is 6.92 Å². The van der Waals surface area contributed by atoms with Gasteiger partial charge in [0.2, 0.25) is 0 Å².